The second kappa shape index (κ2) is 5.18. The summed E-state index contributed by atoms with van der Waals surface area (Å²) in [6.45, 7) is 5.21. The number of aromatic nitrogens is 2. The van der Waals surface area contributed by atoms with Gasteiger partial charge < -0.3 is 5.32 Å². The maximum Gasteiger partial charge on any atom is 0.145 e. The Balaban J connectivity index is 2.47. The molecule has 0 bridgehead atoms. The van der Waals surface area contributed by atoms with Crippen molar-refractivity contribution in [3.8, 4) is 6.07 Å². The highest BCUT2D eigenvalue weighted by Crippen LogP contribution is 2.04. The highest BCUT2D eigenvalue weighted by molar-refractivity contribution is 5.38. The highest BCUT2D eigenvalue weighted by atomic mass is 15.0. The Labute approximate surface area is 84.0 Å². The molecule has 1 rings (SSSR count). The molecule has 14 heavy (non-hydrogen) atoms. The van der Waals surface area contributed by atoms with Crippen LogP contribution in [0.2, 0.25) is 0 Å². The smallest absolute Gasteiger partial charge is 0.145 e. The van der Waals surface area contributed by atoms with Gasteiger partial charge in [-0.2, -0.15) is 5.26 Å². The van der Waals surface area contributed by atoms with Gasteiger partial charge in [0.1, 0.15) is 23.9 Å². The fourth-order valence-corrected chi connectivity index (χ4v) is 1.00. The van der Waals surface area contributed by atoms with Crippen molar-refractivity contribution < 1.29 is 0 Å². The van der Waals surface area contributed by atoms with E-state index in [1.165, 1.54) is 6.33 Å². The fraction of sp³-hybridized carbons (Fsp3) is 0.500. The van der Waals surface area contributed by atoms with Crippen LogP contribution in [-0.4, -0.2) is 16.5 Å². The first-order valence-corrected chi connectivity index (χ1v) is 4.68. The van der Waals surface area contributed by atoms with Crippen molar-refractivity contribution in [2.75, 3.05) is 11.9 Å². The Kier molecular flexibility index (Phi) is 3.86. The summed E-state index contributed by atoms with van der Waals surface area (Å²) >= 11 is 0. The Hall–Kier alpha value is -1.63. The van der Waals surface area contributed by atoms with Crippen LogP contribution in [0.4, 0.5) is 5.82 Å². The second-order valence-electron chi connectivity index (χ2n) is 3.51. The zero-order valence-corrected chi connectivity index (χ0v) is 8.49. The molecule has 0 spiro atoms. The molecule has 0 aliphatic carbocycles. The van der Waals surface area contributed by atoms with Gasteiger partial charge in [0.25, 0.3) is 0 Å². The normalized spacial score (nSPS) is 9.86. The van der Waals surface area contributed by atoms with Gasteiger partial charge in [-0.05, 0) is 12.3 Å². The zero-order valence-electron chi connectivity index (χ0n) is 8.49. The molecule has 0 aliphatic heterocycles. The van der Waals surface area contributed by atoms with Crippen LogP contribution in [-0.2, 0) is 0 Å². The van der Waals surface area contributed by atoms with E-state index in [1.807, 2.05) is 6.07 Å². The van der Waals surface area contributed by atoms with Crippen molar-refractivity contribution in [2.24, 2.45) is 5.92 Å². The quantitative estimate of drug-likeness (QED) is 0.786. The molecule has 0 amide bonds. The first-order valence-electron chi connectivity index (χ1n) is 4.68. The molecule has 0 saturated carbocycles. The highest BCUT2D eigenvalue weighted by Gasteiger charge is 1.97. The van der Waals surface area contributed by atoms with Gasteiger partial charge in [-0.1, -0.05) is 13.8 Å². The summed E-state index contributed by atoms with van der Waals surface area (Å²) in [6.07, 6.45) is 2.49. The van der Waals surface area contributed by atoms with E-state index in [0.717, 1.165) is 18.8 Å². The lowest BCUT2D eigenvalue weighted by Gasteiger charge is -2.06. The van der Waals surface area contributed by atoms with E-state index >= 15 is 0 Å². The maximum atomic E-state index is 8.61. The summed E-state index contributed by atoms with van der Waals surface area (Å²) in [4.78, 5) is 7.80. The van der Waals surface area contributed by atoms with Gasteiger partial charge in [-0.15, -0.1) is 0 Å². The molecule has 0 fully saturated rings. The number of nitrogens with one attached hydrogen (secondary N) is 1. The molecule has 74 valence electrons. The number of hydrogen-bond donors (Lipinski definition) is 1. The molecule has 0 radical (unpaired) electrons. The largest absolute Gasteiger partial charge is 0.370 e. The van der Waals surface area contributed by atoms with Crippen molar-refractivity contribution in [1.29, 1.82) is 5.26 Å². The number of rotatable bonds is 4. The van der Waals surface area contributed by atoms with Crippen molar-refractivity contribution in [1.82, 2.24) is 9.97 Å². The van der Waals surface area contributed by atoms with Crippen molar-refractivity contribution >= 4 is 5.82 Å². The average Bonchev–Trinajstić information content (AvgIpc) is 2.18. The molecule has 0 aromatic carbocycles. The van der Waals surface area contributed by atoms with Crippen molar-refractivity contribution in [3.05, 3.63) is 18.1 Å². The number of anilines is 1. The van der Waals surface area contributed by atoms with Gasteiger partial charge in [0.05, 0.1) is 0 Å². The summed E-state index contributed by atoms with van der Waals surface area (Å²) in [5, 5.41) is 11.8. The summed E-state index contributed by atoms with van der Waals surface area (Å²) < 4.78 is 0. The van der Waals surface area contributed by atoms with Gasteiger partial charge >= 0.3 is 0 Å². The third-order valence-electron chi connectivity index (χ3n) is 1.81. The van der Waals surface area contributed by atoms with Gasteiger partial charge in [0.15, 0.2) is 0 Å². The van der Waals surface area contributed by atoms with E-state index in [1.54, 1.807) is 6.07 Å². The predicted molar refractivity (Wildman–Crippen MR) is 54.7 cm³/mol. The Morgan fingerprint density at radius 1 is 1.50 bits per heavy atom. The van der Waals surface area contributed by atoms with E-state index in [0.29, 0.717) is 11.6 Å². The van der Waals surface area contributed by atoms with E-state index in [-0.39, 0.29) is 0 Å². The first kappa shape index (κ1) is 10.5. The first-order chi connectivity index (χ1) is 6.72. The van der Waals surface area contributed by atoms with E-state index in [2.05, 4.69) is 29.1 Å². The van der Waals surface area contributed by atoms with E-state index in [9.17, 15) is 0 Å². The van der Waals surface area contributed by atoms with Crippen LogP contribution < -0.4 is 5.32 Å². The maximum absolute atomic E-state index is 8.61. The second-order valence-corrected chi connectivity index (χ2v) is 3.51. The summed E-state index contributed by atoms with van der Waals surface area (Å²) in [6, 6.07) is 3.63. The molecule has 0 aliphatic rings. The average molecular weight is 190 g/mol. The van der Waals surface area contributed by atoms with Gasteiger partial charge in [-0.25, -0.2) is 9.97 Å². The van der Waals surface area contributed by atoms with Crippen LogP contribution in [0.5, 0.6) is 0 Å². The molecule has 1 aromatic heterocycles. The van der Waals surface area contributed by atoms with Gasteiger partial charge in [0.2, 0.25) is 0 Å². The standard InChI is InChI=1S/C10H14N4/c1-8(2)3-4-12-10-5-9(6-11)13-7-14-10/h5,7-8H,3-4H2,1-2H3,(H,12,13,14). The lowest BCUT2D eigenvalue weighted by molar-refractivity contribution is 0.606. The Bertz CT molecular complexity index is 327. The number of nitrogens with zero attached hydrogens (tertiary/aromatic N) is 3. The summed E-state index contributed by atoms with van der Waals surface area (Å²) in [5.41, 5.74) is 0.395. The van der Waals surface area contributed by atoms with Crippen LogP contribution >= 0.6 is 0 Å². The van der Waals surface area contributed by atoms with Crippen LogP contribution in [0.1, 0.15) is 26.0 Å². The zero-order chi connectivity index (χ0) is 10.4. The third-order valence-corrected chi connectivity index (χ3v) is 1.81. The molecule has 0 saturated heterocycles. The lowest BCUT2D eigenvalue weighted by atomic mass is 10.1. The Morgan fingerprint density at radius 3 is 2.93 bits per heavy atom. The molecule has 4 nitrogen and oxygen atoms in total. The van der Waals surface area contributed by atoms with Crippen LogP contribution in [0.25, 0.3) is 0 Å². The van der Waals surface area contributed by atoms with Gasteiger partial charge in [0, 0.05) is 12.6 Å². The molecule has 1 aromatic rings. The lowest BCUT2D eigenvalue weighted by Crippen LogP contribution is -2.06. The monoisotopic (exact) mass is 190 g/mol. The minimum atomic E-state index is 0.395. The summed E-state index contributed by atoms with van der Waals surface area (Å²) in [7, 11) is 0. The topological polar surface area (TPSA) is 61.6 Å². The molecule has 1 heterocycles. The van der Waals surface area contributed by atoms with Crippen molar-refractivity contribution in [2.45, 2.75) is 20.3 Å². The SMILES string of the molecule is CC(C)CCNc1cc(C#N)ncn1. The van der Waals surface area contributed by atoms with E-state index in [4.69, 9.17) is 5.26 Å². The van der Waals surface area contributed by atoms with E-state index < -0.39 is 0 Å². The Morgan fingerprint density at radius 2 is 2.29 bits per heavy atom. The molecule has 0 unspecified atom stereocenters. The number of nitriles is 1. The minimum absolute atomic E-state index is 0.395. The van der Waals surface area contributed by atoms with Crippen molar-refractivity contribution in [3.63, 3.8) is 0 Å². The number of hydrogen-bond acceptors (Lipinski definition) is 4. The minimum Gasteiger partial charge on any atom is -0.370 e. The fourth-order valence-electron chi connectivity index (χ4n) is 1.00. The third kappa shape index (κ3) is 3.40. The molecule has 1 N–H and O–H groups in total. The molecular formula is C10H14N4. The van der Waals surface area contributed by atoms with Crippen LogP contribution in [0, 0.1) is 17.2 Å². The summed E-state index contributed by atoms with van der Waals surface area (Å²) in [5.74, 6) is 1.39. The molecular weight excluding hydrogens is 176 g/mol. The van der Waals surface area contributed by atoms with Crippen LogP contribution in [0.15, 0.2) is 12.4 Å². The van der Waals surface area contributed by atoms with Gasteiger partial charge in [-0.3, -0.25) is 0 Å². The molecule has 0 atom stereocenters. The van der Waals surface area contributed by atoms with Crippen LogP contribution in [0.3, 0.4) is 0 Å². The predicted octanol–water partition coefficient (Wildman–Crippen LogP) is 1.81. The molecule has 4 heteroatoms.